The number of carbonyl (C=O) groups is 2. The molecule has 2 aromatic carbocycles. The number of nitrogens with two attached hydrogens (primary N) is 2. The SMILES string of the molecule is Nc1ccc(C(=O)OCCCOC(=O)c2ccc(N)cc2)cc1.O. The molecule has 2 aromatic rings. The van der Waals surface area contributed by atoms with Gasteiger partial charge in [-0.2, -0.15) is 0 Å². The Morgan fingerprint density at radius 3 is 1.38 bits per heavy atom. The molecule has 2 rings (SSSR count). The molecule has 0 spiro atoms. The third-order valence-electron chi connectivity index (χ3n) is 3.05. The molecule has 0 aliphatic carbocycles. The summed E-state index contributed by atoms with van der Waals surface area (Å²) in [7, 11) is 0. The molecule has 0 bridgehead atoms. The molecule has 0 aromatic heterocycles. The van der Waals surface area contributed by atoms with Crippen LogP contribution in [0.25, 0.3) is 0 Å². The Hall–Kier alpha value is -3.06. The molecular weight excluding hydrogens is 312 g/mol. The summed E-state index contributed by atoms with van der Waals surface area (Å²) in [5.41, 5.74) is 13.1. The first-order valence-electron chi connectivity index (χ1n) is 7.11. The fraction of sp³-hybridized carbons (Fsp3) is 0.176. The monoisotopic (exact) mass is 332 g/mol. The van der Waals surface area contributed by atoms with Crippen LogP contribution >= 0.6 is 0 Å². The van der Waals surface area contributed by atoms with Gasteiger partial charge in [-0.05, 0) is 48.5 Å². The Balaban J connectivity index is 0.00000288. The summed E-state index contributed by atoms with van der Waals surface area (Å²) in [6.07, 6.45) is 0.418. The third-order valence-corrected chi connectivity index (χ3v) is 3.05. The molecule has 6 N–H and O–H groups in total. The molecule has 0 atom stereocenters. The summed E-state index contributed by atoms with van der Waals surface area (Å²) >= 11 is 0. The zero-order valence-electron chi connectivity index (χ0n) is 13.0. The number of hydrogen-bond acceptors (Lipinski definition) is 6. The molecule has 0 unspecified atom stereocenters. The third kappa shape index (κ3) is 5.62. The van der Waals surface area contributed by atoms with Gasteiger partial charge in [0.15, 0.2) is 0 Å². The molecule has 0 heterocycles. The molecule has 0 aliphatic rings. The van der Waals surface area contributed by atoms with Gasteiger partial charge in [0.05, 0.1) is 24.3 Å². The number of hydrogen-bond donors (Lipinski definition) is 2. The van der Waals surface area contributed by atoms with Crippen LogP contribution in [0.15, 0.2) is 48.5 Å². The molecule has 7 nitrogen and oxygen atoms in total. The van der Waals surface area contributed by atoms with Gasteiger partial charge in [-0.1, -0.05) is 0 Å². The summed E-state index contributed by atoms with van der Waals surface area (Å²) in [5, 5.41) is 0. The lowest BCUT2D eigenvalue weighted by atomic mass is 10.2. The van der Waals surface area contributed by atoms with Crippen LogP contribution in [-0.4, -0.2) is 30.6 Å². The second-order valence-electron chi connectivity index (χ2n) is 4.87. The van der Waals surface area contributed by atoms with Crippen molar-refractivity contribution in [2.45, 2.75) is 6.42 Å². The fourth-order valence-electron chi connectivity index (χ4n) is 1.79. The summed E-state index contributed by atoms with van der Waals surface area (Å²) in [6, 6.07) is 12.9. The van der Waals surface area contributed by atoms with E-state index < -0.39 is 11.9 Å². The van der Waals surface area contributed by atoms with Gasteiger partial charge >= 0.3 is 11.9 Å². The molecular formula is C17H20N2O5. The van der Waals surface area contributed by atoms with Crippen molar-refractivity contribution in [1.29, 1.82) is 0 Å². The van der Waals surface area contributed by atoms with E-state index in [0.29, 0.717) is 28.9 Å². The first-order chi connectivity index (χ1) is 11.1. The van der Waals surface area contributed by atoms with Crippen LogP contribution in [-0.2, 0) is 9.47 Å². The van der Waals surface area contributed by atoms with E-state index in [1.54, 1.807) is 48.5 Å². The topological polar surface area (TPSA) is 136 Å². The van der Waals surface area contributed by atoms with Crippen molar-refractivity contribution in [3.8, 4) is 0 Å². The summed E-state index contributed by atoms with van der Waals surface area (Å²) in [5.74, 6) is -0.871. The highest BCUT2D eigenvalue weighted by Crippen LogP contribution is 2.08. The van der Waals surface area contributed by atoms with Crippen LogP contribution in [0.3, 0.4) is 0 Å². The molecule has 24 heavy (non-hydrogen) atoms. The van der Waals surface area contributed by atoms with Gasteiger partial charge in [-0.25, -0.2) is 9.59 Å². The summed E-state index contributed by atoms with van der Waals surface area (Å²) < 4.78 is 10.2. The highest BCUT2D eigenvalue weighted by molar-refractivity contribution is 5.90. The molecule has 0 amide bonds. The average molecular weight is 332 g/mol. The maximum absolute atomic E-state index is 11.7. The van der Waals surface area contributed by atoms with Crippen molar-refractivity contribution < 1.29 is 24.5 Å². The van der Waals surface area contributed by atoms with Crippen molar-refractivity contribution in [2.75, 3.05) is 24.7 Å². The first kappa shape index (κ1) is 19.0. The zero-order valence-corrected chi connectivity index (χ0v) is 13.0. The fourth-order valence-corrected chi connectivity index (χ4v) is 1.79. The lowest BCUT2D eigenvalue weighted by molar-refractivity contribution is 0.0396. The Morgan fingerprint density at radius 1 is 0.708 bits per heavy atom. The number of rotatable bonds is 6. The number of nitrogen functional groups attached to an aromatic ring is 2. The van der Waals surface area contributed by atoms with E-state index in [-0.39, 0.29) is 18.7 Å². The second kappa shape index (κ2) is 9.16. The molecule has 7 heteroatoms. The van der Waals surface area contributed by atoms with Crippen LogP contribution in [0, 0.1) is 0 Å². The maximum atomic E-state index is 11.7. The van der Waals surface area contributed by atoms with Gasteiger partial charge in [0.2, 0.25) is 0 Å². The van der Waals surface area contributed by atoms with Crippen molar-refractivity contribution in [1.82, 2.24) is 0 Å². The van der Waals surface area contributed by atoms with Gasteiger partial charge in [0, 0.05) is 17.8 Å². The second-order valence-corrected chi connectivity index (χ2v) is 4.87. The highest BCUT2D eigenvalue weighted by atomic mass is 16.5. The van der Waals surface area contributed by atoms with Gasteiger partial charge in [0.1, 0.15) is 0 Å². The van der Waals surface area contributed by atoms with E-state index in [2.05, 4.69) is 0 Å². The van der Waals surface area contributed by atoms with Gasteiger partial charge in [-0.15, -0.1) is 0 Å². The standard InChI is InChI=1S/C17H18N2O4.H2O/c18-14-6-2-12(3-7-14)16(20)22-10-1-11-23-17(21)13-4-8-15(19)9-5-13;/h2-9H,1,10-11,18-19H2;1H2. The van der Waals surface area contributed by atoms with Gasteiger partial charge in [-0.3, -0.25) is 0 Å². The van der Waals surface area contributed by atoms with E-state index in [1.807, 2.05) is 0 Å². The van der Waals surface area contributed by atoms with Crippen LogP contribution in [0.2, 0.25) is 0 Å². The van der Waals surface area contributed by atoms with Gasteiger partial charge in [0.25, 0.3) is 0 Å². The summed E-state index contributed by atoms with van der Waals surface area (Å²) in [4.78, 5) is 23.4. The van der Waals surface area contributed by atoms with E-state index in [4.69, 9.17) is 20.9 Å². The van der Waals surface area contributed by atoms with Crippen molar-refractivity contribution in [3.05, 3.63) is 59.7 Å². The van der Waals surface area contributed by atoms with Gasteiger partial charge < -0.3 is 26.4 Å². The van der Waals surface area contributed by atoms with E-state index in [0.717, 1.165) is 0 Å². The predicted octanol–water partition coefficient (Wildman–Crippen LogP) is 1.43. The smallest absolute Gasteiger partial charge is 0.338 e. The predicted molar refractivity (Wildman–Crippen MR) is 90.5 cm³/mol. The molecule has 0 fully saturated rings. The molecule has 128 valence electrons. The minimum absolute atomic E-state index is 0. The summed E-state index contributed by atoms with van der Waals surface area (Å²) in [6.45, 7) is 0.330. The van der Waals surface area contributed by atoms with Crippen LogP contribution in [0.5, 0.6) is 0 Å². The Bertz CT molecular complexity index is 609. The van der Waals surface area contributed by atoms with E-state index >= 15 is 0 Å². The van der Waals surface area contributed by atoms with Crippen LogP contribution in [0.4, 0.5) is 11.4 Å². The highest BCUT2D eigenvalue weighted by Gasteiger charge is 2.08. The Kier molecular flexibility index (Phi) is 7.25. The number of anilines is 2. The number of carbonyl (C=O) groups excluding carboxylic acids is 2. The van der Waals surface area contributed by atoms with Crippen molar-refractivity contribution in [2.24, 2.45) is 0 Å². The lowest BCUT2D eigenvalue weighted by Gasteiger charge is -2.07. The van der Waals surface area contributed by atoms with Crippen LogP contribution < -0.4 is 11.5 Å². The Morgan fingerprint density at radius 2 is 1.04 bits per heavy atom. The molecule has 0 saturated carbocycles. The minimum Gasteiger partial charge on any atom is -0.462 e. The zero-order chi connectivity index (χ0) is 16.7. The molecule has 0 radical (unpaired) electrons. The maximum Gasteiger partial charge on any atom is 0.338 e. The first-order valence-corrected chi connectivity index (χ1v) is 7.11. The van der Waals surface area contributed by atoms with E-state index in [1.165, 1.54) is 0 Å². The minimum atomic E-state index is -0.435. The molecule has 0 aliphatic heterocycles. The lowest BCUT2D eigenvalue weighted by Crippen LogP contribution is -2.11. The Labute approximate surface area is 139 Å². The quantitative estimate of drug-likeness (QED) is 0.466. The average Bonchev–Trinajstić information content (AvgIpc) is 2.55. The number of benzene rings is 2. The van der Waals surface area contributed by atoms with Crippen LogP contribution in [0.1, 0.15) is 27.1 Å². The number of ether oxygens (including phenoxy) is 2. The van der Waals surface area contributed by atoms with E-state index in [9.17, 15) is 9.59 Å². The van der Waals surface area contributed by atoms with Crippen molar-refractivity contribution >= 4 is 23.3 Å². The van der Waals surface area contributed by atoms with Crippen molar-refractivity contribution in [3.63, 3.8) is 0 Å². The number of esters is 2. The largest absolute Gasteiger partial charge is 0.462 e. The molecule has 0 saturated heterocycles. The normalized spacial score (nSPS) is 9.67.